The van der Waals surface area contributed by atoms with Gasteiger partial charge in [-0.15, -0.1) is 0 Å². The van der Waals surface area contributed by atoms with E-state index in [1.165, 1.54) is 12.8 Å². The highest BCUT2D eigenvalue weighted by atomic mass is 16.6. The van der Waals surface area contributed by atoms with Gasteiger partial charge in [0.05, 0.1) is 0 Å². The Hall–Kier alpha value is -0.770. The van der Waals surface area contributed by atoms with Crippen molar-refractivity contribution in [2.45, 2.75) is 71.4 Å². The van der Waals surface area contributed by atoms with Crippen LogP contribution >= 0.6 is 0 Å². The zero-order valence-corrected chi connectivity index (χ0v) is 12.9. The minimum Gasteiger partial charge on any atom is -0.444 e. The zero-order chi connectivity index (χ0) is 14.5. The summed E-state index contributed by atoms with van der Waals surface area (Å²) >= 11 is 0. The molecule has 4 nitrogen and oxygen atoms in total. The van der Waals surface area contributed by atoms with E-state index in [0.29, 0.717) is 12.5 Å². The van der Waals surface area contributed by atoms with Crippen LogP contribution in [0.2, 0.25) is 0 Å². The van der Waals surface area contributed by atoms with Gasteiger partial charge in [0.25, 0.3) is 0 Å². The fourth-order valence-corrected chi connectivity index (χ4v) is 2.73. The van der Waals surface area contributed by atoms with Crippen LogP contribution in [0.5, 0.6) is 0 Å². The van der Waals surface area contributed by atoms with Crippen molar-refractivity contribution < 1.29 is 9.53 Å². The third-order valence-electron chi connectivity index (χ3n) is 3.71. The first-order valence-corrected chi connectivity index (χ1v) is 7.55. The lowest BCUT2D eigenvalue weighted by molar-refractivity contribution is 0.0105. The van der Waals surface area contributed by atoms with Crippen LogP contribution in [0.4, 0.5) is 4.79 Å². The quantitative estimate of drug-likeness (QED) is 0.857. The van der Waals surface area contributed by atoms with Crippen LogP contribution in [0, 0.1) is 5.92 Å². The molecule has 0 aliphatic carbocycles. The number of carbonyl (C=O) groups is 1. The average molecular weight is 270 g/mol. The van der Waals surface area contributed by atoms with E-state index < -0.39 is 5.60 Å². The van der Waals surface area contributed by atoms with Gasteiger partial charge in [0.2, 0.25) is 0 Å². The monoisotopic (exact) mass is 270 g/mol. The van der Waals surface area contributed by atoms with Crippen molar-refractivity contribution in [1.29, 1.82) is 0 Å². The van der Waals surface area contributed by atoms with Gasteiger partial charge in [-0.05, 0) is 52.5 Å². The van der Waals surface area contributed by atoms with Gasteiger partial charge in [0.15, 0.2) is 0 Å². The maximum Gasteiger partial charge on any atom is 0.410 e. The molecule has 0 spiro atoms. The van der Waals surface area contributed by atoms with E-state index >= 15 is 0 Å². The second-order valence-electron chi connectivity index (χ2n) is 6.65. The van der Waals surface area contributed by atoms with Crippen LogP contribution in [0.25, 0.3) is 0 Å². The minimum atomic E-state index is -0.426. The Labute approximate surface area is 117 Å². The molecule has 1 amide bonds. The standard InChI is InChI=1S/C15H30N2O2/c1-12(9-10-16)13-8-6-5-7-11-17(13)14(18)19-15(2,3)4/h12-13H,5-11,16H2,1-4H3. The van der Waals surface area contributed by atoms with Gasteiger partial charge >= 0.3 is 6.09 Å². The van der Waals surface area contributed by atoms with Gasteiger partial charge in [0, 0.05) is 12.6 Å². The van der Waals surface area contributed by atoms with Gasteiger partial charge < -0.3 is 15.4 Å². The second-order valence-corrected chi connectivity index (χ2v) is 6.65. The molecule has 1 aliphatic rings. The molecule has 0 radical (unpaired) electrons. The molecule has 112 valence electrons. The number of hydrogen-bond donors (Lipinski definition) is 1. The van der Waals surface area contributed by atoms with Gasteiger partial charge in [-0.3, -0.25) is 0 Å². The SMILES string of the molecule is CC(CCN)C1CCCCCN1C(=O)OC(C)(C)C. The molecule has 0 aromatic rings. The van der Waals surface area contributed by atoms with Crippen LogP contribution < -0.4 is 5.73 Å². The highest BCUT2D eigenvalue weighted by Crippen LogP contribution is 2.26. The van der Waals surface area contributed by atoms with Gasteiger partial charge in [0.1, 0.15) is 5.60 Å². The molecule has 0 bridgehead atoms. The molecule has 0 saturated carbocycles. The Morgan fingerprint density at radius 2 is 2.05 bits per heavy atom. The first-order valence-electron chi connectivity index (χ1n) is 7.55. The molecule has 2 unspecified atom stereocenters. The molecule has 2 N–H and O–H groups in total. The first-order chi connectivity index (χ1) is 8.85. The molecular weight excluding hydrogens is 240 g/mol. The predicted molar refractivity (Wildman–Crippen MR) is 78.0 cm³/mol. The number of ether oxygens (including phenoxy) is 1. The van der Waals surface area contributed by atoms with Gasteiger partial charge in [-0.1, -0.05) is 19.8 Å². The van der Waals surface area contributed by atoms with E-state index in [1.807, 2.05) is 25.7 Å². The molecule has 1 rings (SSSR count). The molecule has 1 fully saturated rings. The summed E-state index contributed by atoms with van der Waals surface area (Å²) in [4.78, 5) is 14.3. The highest BCUT2D eigenvalue weighted by molar-refractivity contribution is 5.68. The third-order valence-corrected chi connectivity index (χ3v) is 3.71. The van der Waals surface area contributed by atoms with Crippen molar-refractivity contribution in [3.05, 3.63) is 0 Å². The van der Waals surface area contributed by atoms with Crippen LogP contribution in [0.3, 0.4) is 0 Å². The Bertz CT molecular complexity index is 286. The zero-order valence-electron chi connectivity index (χ0n) is 12.9. The largest absolute Gasteiger partial charge is 0.444 e. The van der Waals surface area contributed by atoms with Crippen molar-refractivity contribution in [3.63, 3.8) is 0 Å². The van der Waals surface area contributed by atoms with E-state index in [9.17, 15) is 4.79 Å². The molecule has 2 atom stereocenters. The van der Waals surface area contributed by atoms with Gasteiger partial charge in [-0.2, -0.15) is 0 Å². The van der Waals surface area contributed by atoms with Crippen LogP contribution in [-0.2, 0) is 4.74 Å². The third kappa shape index (κ3) is 5.39. The second kappa shape index (κ2) is 7.13. The molecule has 1 saturated heterocycles. The average Bonchev–Trinajstić information content (AvgIpc) is 2.52. The summed E-state index contributed by atoms with van der Waals surface area (Å²) in [6.07, 6.45) is 5.34. The van der Waals surface area contributed by atoms with E-state index in [2.05, 4.69) is 6.92 Å². The fraction of sp³-hybridized carbons (Fsp3) is 0.933. The smallest absolute Gasteiger partial charge is 0.410 e. The molecule has 0 aromatic heterocycles. The topological polar surface area (TPSA) is 55.6 Å². The Morgan fingerprint density at radius 3 is 2.63 bits per heavy atom. The number of likely N-dealkylation sites (tertiary alicyclic amines) is 1. The summed E-state index contributed by atoms with van der Waals surface area (Å²) in [5, 5.41) is 0. The first kappa shape index (κ1) is 16.3. The summed E-state index contributed by atoms with van der Waals surface area (Å²) < 4.78 is 5.55. The summed E-state index contributed by atoms with van der Waals surface area (Å²) in [6, 6.07) is 0.279. The molecular formula is C15H30N2O2. The molecule has 1 heterocycles. The molecule has 4 heteroatoms. The van der Waals surface area contributed by atoms with Crippen molar-refractivity contribution in [2.24, 2.45) is 11.7 Å². The lowest BCUT2D eigenvalue weighted by Gasteiger charge is -2.35. The normalized spacial score (nSPS) is 22.8. The number of carbonyl (C=O) groups excluding carboxylic acids is 1. The summed E-state index contributed by atoms with van der Waals surface area (Å²) in [5.41, 5.74) is 5.24. The minimum absolute atomic E-state index is 0.164. The summed E-state index contributed by atoms with van der Waals surface area (Å²) in [6.45, 7) is 9.44. The maximum absolute atomic E-state index is 12.4. The fourth-order valence-electron chi connectivity index (χ4n) is 2.73. The molecule has 19 heavy (non-hydrogen) atoms. The number of nitrogens with two attached hydrogens (primary N) is 1. The van der Waals surface area contributed by atoms with E-state index in [4.69, 9.17) is 10.5 Å². The van der Waals surface area contributed by atoms with Crippen molar-refractivity contribution in [2.75, 3.05) is 13.1 Å². The molecule has 0 aromatic carbocycles. The van der Waals surface area contributed by atoms with Crippen molar-refractivity contribution in [3.8, 4) is 0 Å². The number of nitrogens with zero attached hydrogens (tertiary/aromatic N) is 1. The lowest BCUT2D eigenvalue weighted by atomic mass is 9.93. The Kier molecular flexibility index (Phi) is 6.11. The summed E-state index contributed by atoms with van der Waals surface area (Å²) in [5.74, 6) is 0.440. The van der Waals surface area contributed by atoms with Crippen molar-refractivity contribution >= 4 is 6.09 Å². The lowest BCUT2D eigenvalue weighted by Crippen LogP contribution is -2.46. The number of rotatable bonds is 3. The van der Waals surface area contributed by atoms with Gasteiger partial charge in [-0.25, -0.2) is 4.79 Å². The Morgan fingerprint density at radius 1 is 1.37 bits per heavy atom. The highest BCUT2D eigenvalue weighted by Gasteiger charge is 2.32. The maximum atomic E-state index is 12.4. The van der Waals surface area contributed by atoms with Crippen LogP contribution in [0.1, 0.15) is 59.8 Å². The summed E-state index contributed by atoms with van der Waals surface area (Å²) in [7, 11) is 0. The number of hydrogen-bond acceptors (Lipinski definition) is 3. The molecule has 1 aliphatic heterocycles. The number of amides is 1. The van der Waals surface area contributed by atoms with Crippen LogP contribution in [-0.4, -0.2) is 35.7 Å². The predicted octanol–water partition coefficient (Wildman–Crippen LogP) is 3.15. The van der Waals surface area contributed by atoms with E-state index in [-0.39, 0.29) is 12.1 Å². The van der Waals surface area contributed by atoms with Crippen LogP contribution in [0.15, 0.2) is 0 Å². The van der Waals surface area contributed by atoms with Crippen molar-refractivity contribution in [1.82, 2.24) is 4.90 Å². The van der Waals surface area contributed by atoms with E-state index in [1.54, 1.807) is 0 Å². The Balaban J connectivity index is 2.75. The van der Waals surface area contributed by atoms with E-state index in [0.717, 1.165) is 25.8 Å².